The molecule has 1 aromatic rings. The summed E-state index contributed by atoms with van der Waals surface area (Å²) in [5, 5.41) is 0. The standard InChI is InChI=1S/C13H16ClNO/c14-8-2-10-16-12-6-4-11(5-7-12)13-3-1-9-15-13/h4-7H,1-3,8-10H2. The van der Waals surface area contributed by atoms with Crippen LogP contribution in [0.5, 0.6) is 5.75 Å². The number of nitrogens with zero attached hydrogens (tertiary/aromatic N) is 1. The number of benzene rings is 1. The largest absolute Gasteiger partial charge is 0.494 e. The quantitative estimate of drug-likeness (QED) is 0.569. The van der Waals surface area contributed by atoms with Gasteiger partial charge in [0.15, 0.2) is 0 Å². The molecule has 0 bridgehead atoms. The van der Waals surface area contributed by atoms with E-state index < -0.39 is 0 Å². The minimum absolute atomic E-state index is 0.648. The van der Waals surface area contributed by atoms with E-state index in [1.165, 1.54) is 17.7 Å². The lowest BCUT2D eigenvalue weighted by atomic mass is 10.1. The Bertz CT molecular complexity index is 359. The molecule has 1 heterocycles. The van der Waals surface area contributed by atoms with Gasteiger partial charge in [0.2, 0.25) is 0 Å². The Morgan fingerprint density at radius 2 is 2.06 bits per heavy atom. The van der Waals surface area contributed by atoms with Gasteiger partial charge in [0.1, 0.15) is 5.75 Å². The monoisotopic (exact) mass is 237 g/mol. The van der Waals surface area contributed by atoms with Gasteiger partial charge in [-0.2, -0.15) is 0 Å². The van der Waals surface area contributed by atoms with Crippen molar-refractivity contribution >= 4 is 17.3 Å². The molecule has 0 radical (unpaired) electrons. The molecule has 0 unspecified atom stereocenters. The van der Waals surface area contributed by atoms with Crippen LogP contribution in [0.15, 0.2) is 29.3 Å². The number of rotatable bonds is 5. The molecule has 0 aromatic heterocycles. The minimum atomic E-state index is 0.648. The SMILES string of the molecule is ClCCCOc1ccc(C2=NCCC2)cc1. The average molecular weight is 238 g/mol. The third kappa shape index (κ3) is 2.99. The third-order valence-electron chi connectivity index (χ3n) is 2.61. The molecule has 86 valence electrons. The summed E-state index contributed by atoms with van der Waals surface area (Å²) in [6.07, 6.45) is 3.17. The smallest absolute Gasteiger partial charge is 0.119 e. The summed E-state index contributed by atoms with van der Waals surface area (Å²) >= 11 is 5.58. The van der Waals surface area contributed by atoms with Gasteiger partial charge in [0.05, 0.1) is 6.61 Å². The Balaban J connectivity index is 1.93. The van der Waals surface area contributed by atoms with Gasteiger partial charge in [-0.05, 0) is 49.1 Å². The van der Waals surface area contributed by atoms with E-state index >= 15 is 0 Å². The molecule has 0 spiro atoms. The van der Waals surface area contributed by atoms with E-state index in [2.05, 4.69) is 17.1 Å². The molecule has 0 atom stereocenters. The molecule has 0 saturated heterocycles. The fourth-order valence-electron chi connectivity index (χ4n) is 1.76. The maximum absolute atomic E-state index is 5.58. The van der Waals surface area contributed by atoms with Gasteiger partial charge in [0, 0.05) is 18.1 Å². The lowest BCUT2D eigenvalue weighted by molar-refractivity contribution is 0.318. The predicted octanol–water partition coefficient (Wildman–Crippen LogP) is 3.28. The van der Waals surface area contributed by atoms with Crippen LogP contribution in [0.1, 0.15) is 24.8 Å². The lowest BCUT2D eigenvalue weighted by Crippen LogP contribution is -1.99. The molecule has 0 saturated carbocycles. The van der Waals surface area contributed by atoms with Gasteiger partial charge >= 0.3 is 0 Å². The van der Waals surface area contributed by atoms with Crippen molar-refractivity contribution < 1.29 is 4.74 Å². The molecule has 0 amide bonds. The van der Waals surface area contributed by atoms with E-state index in [0.717, 1.165) is 25.1 Å². The maximum atomic E-state index is 5.58. The second-order valence-electron chi connectivity index (χ2n) is 3.85. The van der Waals surface area contributed by atoms with Crippen LogP contribution in [0.2, 0.25) is 0 Å². The second kappa shape index (κ2) is 5.90. The van der Waals surface area contributed by atoms with Crippen molar-refractivity contribution in [2.24, 2.45) is 4.99 Å². The molecule has 1 aromatic carbocycles. The zero-order valence-electron chi connectivity index (χ0n) is 9.29. The van der Waals surface area contributed by atoms with Crippen LogP contribution in [0.25, 0.3) is 0 Å². The molecule has 3 heteroatoms. The van der Waals surface area contributed by atoms with Gasteiger partial charge in [-0.1, -0.05) is 0 Å². The Kier molecular flexibility index (Phi) is 4.23. The minimum Gasteiger partial charge on any atom is -0.494 e. The molecule has 16 heavy (non-hydrogen) atoms. The molecule has 0 fully saturated rings. The number of alkyl halides is 1. The number of ether oxygens (including phenoxy) is 1. The molecule has 1 aliphatic heterocycles. The predicted molar refractivity (Wildman–Crippen MR) is 67.9 cm³/mol. The third-order valence-corrected chi connectivity index (χ3v) is 2.88. The molecule has 0 aliphatic carbocycles. The van der Waals surface area contributed by atoms with E-state index in [1.54, 1.807) is 0 Å². The highest BCUT2D eigenvalue weighted by molar-refractivity contribution is 6.17. The van der Waals surface area contributed by atoms with Crippen molar-refractivity contribution in [1.29, 1.82) is 0 Å². The van der Waals surface area contributed by atoms with Gasteiger partial charge in [-0.25, -0.2) is 0 Å². The summed E-state index contributed by atoms with van der Waals surface area (Å²) in [5.41, 5.74) is 2.45. The Morgan fingerprint density at radius 1 is 1.25 bits per heavy atom. The highest BCUT2D eigenvalue weighted by Crippen LogP contribution is 2.17. The maximum Gasteiger partial charge on any atom is 0.119 e. The van der Waals surface area contributed by atoms with Gasteiger partial charge in [0.25, 0.3) is 0 Å². The summed E-state index contributed by atoms with van der Waals surface area (Å²) in [6, 6.07) is 8.18. The lowest BCUT2D eigenvalue weighted by Gasteiger charge is -2.06. The zero-order chi connectivity index (χ0) is 11.2. The summed E-state index contributed by atoms with van der Waals surface area (Å²) in [4.78, 5) is 4.47. The Morgan fingerprint density at radius 3 is 2.69 bits per heavy atom. The zero-order valence-corrected chi connectivity index (χ0v) is 10.0. The fraction of sp³-hybridized carbons (Fsp3) is 0.462. The number of aliphatic imine (C=N–C) groups is 1. The van der Waals surface area contributed by atoms with Crippen LogP contribution in [0.3, 0.4) is 0 Å². The van der Waals surface area contributed by atoms with Gasteiger partial charge < -0.3 is 4.74 Å². The summed E-state index contributed by atoms with van der Waals surface area (Å²) in [7, 11) is 0. The van der Waals surface area contributed by atoms with Crippen molar-refractivity contribution in [2.75, 3.05) is 19.0 Å². The second-order valence-corrected chi connectivity index (χ2v) is 4.23. The van der Waals surface area contributed by atoms with Gasteiger partial charge in [-0.15, -0.1) is 11.6 Å². The first kappa shape index (κ1) is 11.5. The van der Waals surface area contributed by atoms with Crippen LogP contribution in [-0.4, -0.2) is 24.7 Å². The van der Waals surface area contributed by atoms with Crippen molar-refractivity contribution in [1.82, 2.24) is 0 Å². The van der Waals surface area contributed by atoms with E-state index in [0.29, 0.717) is 12.5 Å². The van der Waals surface area contributed by atoms with Crippen LogP contribution in [0, 0.1) is 0 Å². The van der Waals surface area contributed by atoms with Crippen LogP contribution < -0.4 is 4.74 Å². The van der Waals surface area contributed by atoms with Crippen molar-refractivity contribution in [3.8, 4) is 5.75 Å². The number of halogens is 1. The molecular formula is C13H16ClNO. The Labute approximate surface area is 101 Å². The van der Waals surface area contributed by atoms with Crippen LogP contribution in [0.4, 0.5) is 0 Å². The van der Waals surface area contributed by atoms with E-state index in [9.17, 15) is 0 Å². The highest BCUT2D eigenvalue weighted by Gasteiger charge is 2.08. The van der Waals surface area contributed by atoms with E-state index in [-0.39, 0.29) is 0 Å². The average Bonchev–Trinajstić information content (AvgIpc) is 2.84. The summed E-state index contributed by atoms with van der Waals surface area (Å²) in [5.74, 6) is 1.56. The van der Waals surface area contributed by atoms with Crippen molar-refractivity contribution in [2.45, 2.75) is 19.3 Å². The van der Waals surface area contributed by atoms with Crippen LogP contribution in [-0.2, 0) is 0 Å². The number of hydrogen-bond donors (Lipinski definition) is 0. The van der Waals surface area contributed by atoms with Crippen molar-refractivity contribution in [3.05, 3.63) is 29.8 Å². The van der Waals surface area contributed by atoms with E-state index in [1.807, 2.05) is 12.1 Å². The van der Waals surface area contributed by atoms with Crippen molar-refractivity contribution in [3.63, 3.8) is 0 Å². The summed E-state index contributed by atoms with van der Waals surface area (Å²) in [6.45, 7) is 1.66. The highest BCUT2D eigenvalue weighted by atomic mass is 35.5. The Hall–Kier alpha value is -1.02. The molecule has 2 nitrogen and oxygen atoms in total. The normalized spacial score (nSPS) is 14.9. The van der Waals surface area contributed by atoms with Gasteiger partial charge in [-0.3, -0.25) is 4.99 Å². The first-order chi connectivity index (χ1) is 7.90. The molecular weight excluding hydrogens is 222 g/mol. The van der Waals surface area contributed by atoms with E-state index in [4.69, 9.17) is 16.3 Å². The first-order valence-corrected chi connectivity index (χ1v) is 6.26. The fourth-order valence-corrected chi connectivity index (χ4v) is 1.87. The van der Waals surface area contributed by atoms with Crippen LogP contribution >= 0.6 is 11.6 Å². The summed E-state index contributed by atoms with van der Waals surface area (Å²) < 4.78 is 5.54. The number of hydrogen-bond acceptors (Lipinski definition) is 2. The molecule has 2 rings (SSSR count). The topological polar surface area (TPSA) is 21.6 Å². The first-order valence-electron chi connectivity index (χ1n) is 5.72. The molecule has 1 aliphatic rings. The molecule has 0 N–H and O–H groups in total.